The maximum absolute atomic E-state index is 13.9. The topological polar surface area (TPSA) is 71.0 Å². The van der Waals surface area contributed by atoms with E-state index in [0.29, 0.717) is 11.3 Å². The molecule has 1 aliphatic heterocycles. The van der Waals surface area contributed by atoms with Crippen molar-refractivity contribution >= 4 is 29.0 Å². The van der Waals surface area contributed by atoms with Gasteiger partial charge in [-0.2, -0.15) is 13.2 Å². The van der Waals surface area contributed by atoms with Crippen molar-refractivity contribution in [2.75, 3.05) is 7.11 Å². The van der Waals surface area contributed by atoms with Crippen molar-refractivity contribution in [2.24, 2.45) is 4.99 Å². The predicted octanol–water partition coefficient (Wildman–Crippen LogP) is 3.21. The molecular weight excluding hydrogens is 395 g/mol. The molecule has 0 aliphatic carbocycles. The third-order valence-corrected chi connectivity index (χ3v) is 5.09. The van der Waals surface area contributed by atoms with Gasteiger partial charge < -0.3 is 10.1 Å². The van der Waals surface area contributed by atoms with E-state index in [-0.39, 0.29) is 17.3 Å². The van der Waals surface area contributed by atoms with E-state index in [2.05, 4.69) is 4.99 Å². The van der Waals surface area contributed by atoms with Gasteiger partial charge in [-0.25, -0.2) is 4.99 Å². The van der Waals surface area contributed by atoms with E-state index >= 15 is 0 Å². The van der Waals surface area contributed by atoms with Crippen LogP contribution >= 0.6 is 11.3 Å². The van der Waals surface area contributed by atoms with Gasteiger partial charge in [0.05, 0.1) is 18.5 Å². The fourth-order valence-electron chi connectivity index (χ4n) is 2.76. The smallest absolute Gasteiger partial charge is 0.442 e. The second kappa shape index (κ2) is 7.27. The zero-order chi connectivity index (χ0) is 20.5. The van der Waals surface area contributed by atoms with Gasteiger partial charge in [0.15, 0.2) is 0 Å². The van der Waals surface area contributed by atoms with Gasteiger partial charge in [0.2, 0.25) is 0 Å². The first kappa shape index (κ1) is 19.9. The molecule has 0 radical (unpaired) electrons. The van der Waals surface area contributed by atoms with Crippen molar-refractivity contribution in [2.45, 2.75) is 25.3 Å². The summed E-state index contributed by atoms with van der Waals surface area (Å²) in [5, 5.41) is 3.35. The molecule has 1 aromatic heterocycles. The van der Waals surface area contributed by atoms with E-state index in [1.807, 2.05) is 0 Å². The highest BCUT2D eigenvalue weighted by atomic mass is 32.1. The summed E-state index contributed by atoms with van der Waals surface area (Å²) in [6.07, 6.45) is -5.10. The zero-order valence-corrected chi connectivity index (χ0v) is 15.7. The van der Waals surface area contributed by atoms with E-state index in [1.165, 1.54) is 26.2 Å². The Morgan fingerprint density at radius 1 is 1.29 bits per heavy atom. The molecule has 2 amide bonds. The van der Waals surface area contributed by atoms with E-state index in [0.717, 1.165) is 16.2 Å². The van der Waals surface area contributed by atoms with Crippen LogP contribution in [-0.4, -0.2) is 41.5 Å². The third-order valence-electron chi connectivity index (χ3n) is 4.22. The molecule has 1 N–H and O–H groups in total. The van der Waals surface area contributed by atoms with E-state index in [4.69, 9.17) is 4.74 Å². The number of nitrogens with zero attached hydrogens (tertiary/aromatic N) is 2. The quantitative estimate of drug-likeness (QED) is 0.822. The Bertz CT molecular complexity index is 910. The summed E-state index contributed by atoms with van der Waals surface area (Å²) >= 11 is 0.968. The minimum absolute atomic E-state index is 0.0536. The number of benzene rings is 1. The van der Waals surface area contributed by atoms with Gasteiger partial charge >= 0.3 is 11.8 Å². The van der Waals surface area contributed by atoms with Gasteiger partial charge in [-0.1, -0.05) is 18.2 Å². The van der Waals surface area contributed by atoms with Crippen LogP contribution in [0.25, 0.3) is 0 Å². The Hall–Kier alpha value is -2.88. The van der Waals surface area contributed by atoms with Crippen LogP contribution in [0.4, 0.5) is 13.2 Å². The lowest BCUT2D eigenvalue weighted by Gasteiger charge is -2.29. The molecule has 148 valence electrons. The Balaban J connectivity index is 1.89. The molecule has 2 aromatic rings. The molecule has 6 nitrogen and oxygen atoms in total. The van der Waals surface area contributed by atoms with E-state index in [1.54, 1.807) is 35.0 Å². The average Bonchev–Trinajstić information content (AvgIpc) is 3.26. The molecule has 1 unspecified atom stereocenters. The molecular formula is C18H16F3N3O3S. The Kier molecular flexibility index (Phi) is 5.16. The van der Waals surface area contributed by atoms with Crippen molar-refractivity contribution < 1.29 is 27.5 Å². The first-order valence-electron chi connectivity index (χ1n) is 8.12. The number of thiophene rings is 1. The first-order valence-corrected chi connectivity index (χ1v) is 9.00. The van der Waals surface area contributed by atoms with Gasteiger partial charge in [-0.3, -0.25) is 14.5 Å². The maximum Gasteiger partial charge on any atom is 0.442 e. The summed E-state index contributed by atoms with van der Waals surface area (Å²) in [4.78, 5) is 29.5. The Labute approximate surface area is 162 Å². The van der Waals surface area contributed by atoms with Gasteiger partial charge in [0.1, 0.15) is 11.6 Å². The van der Waals surface area contributed by atoms with Crippen LogP contribution < -0.4 is 10.1 Å². The number of methoxy groups -OCH3 is 1. The Morgan fingerprint density at radius 3 is 2.50 bits per heavy atom. The monoisotopic (exact) mass is 411 g/mol. The minimum atomic E-state index is -5.10. The molecule has 3 rings (SSSR count). The normalized spacial score (nSPS) is 19.5. The van der Waals surface area contributed by atoms with Crippen LogP contribution in [-0.2, 0) is 11.3 Å². The minimum Gasteiger partial charge on any atom is -0.497 e. The highest BCUT2D eigenvalue weighted by Crippen LogP contribution is 2.38. The van der Waals surface area contributed by atoms with Crippen LogP contribution in [0.3, 0.4) is 0 Å². The van der Waals surface area contributed by atoms with Crippen molar-refractivity contribution in [1.82, 2.24) is 10.2 Å². The number of amides is 2. The van der Waals surface area contributed by atoms with Gasteiger partial charge in [-0.05, 0) is 36.1 Å². The fraction of sp³-hybridized carbons (Fsp3) is 0.278. The second-order valence-electron chi connectivity index (χ2n) is 6.04. The maximum atomic E-state index is 13.9. The number of amidine groups is 1. The molecule has 0 saturated carbocycles. The highest BCUT2D eigenvalue weighted by Gasteiger charge is 2.66. The number of aliphatic imine (C=N–C) groups is 1. The number of rotatable bonds is 5. The summed E-state index contributed by atoms with van der Waals surface area (Å²) in [5.74, 6) is -1.92. The first-order chi connectivity index (χ1) is 13.2. The number of hydrogen-bond acceptors (Lipinski definition) is 5. The number of ether oxygens (including phenoxy) is 1. The number of hydrogen-bond donors (Lipinski definition) is 1. The third kappa shape index (κ3) is 3.47. The van der Waals surface area contributed by atoms with Crippen LogP contribution in [0.2, 0.25) is 0 Å². The number of nitrogens with one attached hydrogen (secondary N) is 1. The van der Waals surface area contributed by atoms with Crippen molar-refractivity contribution in [3.63, 3.8) is 0 Å². The molecule has 0 fully saturated rings. The Morgan fingerprint density at radius 2 is 1.96 bits per heavy atom. The molecule has 10 heteroatoms. The van der Waals surface area contributed by atoms with Crippen molar-refractivity contribution in [1.29, 1.82) is 0 Å². The molecule has 2 heterocycles. The molecule has 1 aromatic carbocycles. The molecule has 0 saturated heterocycles. The number of carbonyl (C=O) groups is 2. The SMILES string of the molecule is COc1ccc(CN2C(=O)C(NC(=O)c3cccs3)(C(F)(F)F)N=C2C)cc1. The summed E-state index contributed by atoms with van der Waals surface area (Å²) in [6, 6.07) is 9.44. The van der Waals surface area contributed by atoms with Crippen LogP contribution in [0, 0.1) is 0 Å². The largest absolute Gasteiger partial charge is 0.497 e. The van der Waals surface area contributed by atoms with Gasteiger partial charge in [0, 0.05) is 0 Å². The molecule has 28 heavy (non-hydrogen) atoms. The van der Waals surface area contributed by atoms with Gasteiger partial charge in [-0.15, -0.1) is 11.3 Å². The van der Waals surface area contributed by atoms with Gasteiger partial charge in [0.25, 0.3) is 11.8 Å². The molecule has 0 bridgehead atoms. The summed E-state index contributed by atoms with van der Waals surface area (Å²) in [7, 11) is 1.49. The standard InChI is InChI=1S/C18H16F3N3O3S/c1-11-22-17(18(19,20)21,23-15(25)14-4-3-9-28-14)16(26)24(11)10-12-5-7-13(27-2)8-6-12/h3-9H,10H2,1-2H3,(H,23,25). The van der Waals surface area contributed by atoms with E-state index in [9.17, 15) is 22.8 Å². The summed E-state index contributed by atoms with van der Waals surface area (Å²) < 4.78 is 46.6. The second-order valence-corrected chi connectivity index (χ2v) is 6.99. The van der Waals surface area contributed by atoms with Crippen LogP contribution in [0.5, 0.6) is 5.75 Å². The van der Waals surface area contributed by atoms with E-state index < -0.39 is 23.7 Å². The summed E-state index contributed by atoms with van der Waals surface area (Å²) in [5.41, 5.74) is -2.75. The number of alkyl halides is 3. The summed E-state index contributed by atoms with van der Waals surface area (Å²) in [6.45, 7) is 1.18. The average molecular weight is 411 g/mol. The van der Waals surface area contributed by atoms with Crippen molar-refractivity contribution in [3.8, 4) is 5.75 Å². The molecule has 1 atom stereocenters. The lowest BCUT2D eigenvalue weighted by molar-refractivity contribution is -0.196. The lowest BCUT2D eigenvalue weighted by atomic mass is 10.1. The van der Waals surface area contributed by atoms with Crippen molar-refractivity contribution in [3.05, 3.63) is 52.2 Å². The predicted molar refractivity (Wildman–Crippen MR) is 97.2 cm³/mol. The zero-order valence-electron chi connectivity index (χ0n) is 14.9. The fourth-order valence-corrected chi connectivity index (χ4v) is 3.38. The number of halogens is 3. The number of carbonyl (C=O) groups excluding carboxylic acids is 2. The van der Waals surface area contributed by atoms with Crippen LogP contribution in [0.15, 0.2) is 46.8 Å². The lowest BCUT2D eigenvalue weighted by Crippen LogP contribution is -2.63. The molecule has 1 aliphatic rings. The van der Waals surface area contributed by atoms with Crippen LogP contribution in [0.1, 0.15) is 22.2 Å². The highest BCUT2D eigenvalue weighted by molar-refractivity contribution is 7.12. The molecule has 0 spiro atoms.